The number of H-pyrrole nitrogens is 1. The second kappa shape index (κ2) is 5.72. The zero-order valence-corrected chi connectivity index (χ0v) is 12.2. The van der Waals surface area contributed by atoms with Crippen LogP contribution in [0, 0.1) is 0 Å². The summed E-state index contributed by atoms with van der Waals surface area (Å²) in [5.74, 6) is 0.498. The summed E-state index contributed by atoms with van der Waals surface area (Å²) in [4.78, 5) is 14.0. The molecule has 0 fully saturated rings. The highest BCUT2D eigenvalue weighted by molar-refractivity contribution is 6.46. The van der Waals surface area contributed by atoms with Gasteiger partial charge in [-0.25, -0.2) is 0 Å². The normalized spacial score (nSPS) is 10.7. The largest absolute Gasteiger partial charge is 0.495 e. The number of methoxy groups -OCH3 is 1. The van der Waals surface area contributed by atoms with Crippen LogP contribution in [0.2, 0.25) is 10.0 Å². The van der Waals surface area contributed by atoms with Crippen LogP contribution in [0.5, 0.6) is 5.75 Å². The van der Waals surface area contributed by atoms with Gasteiger partial charge < -0.3 is 15.0 Å². The lowest BCUT2D eigenvalue weighted by atomic mass is 10.1. The lowest BCUT2D eigenvalue weighted by Crippen LogP contribution is -2.22. The van der Waals surface area contributed by atoms with Gasteiger partial charge in [0.1, 0.15) is 10.8 Å². The number of aromatic amines is 1. The van der Waals surface area contributed by atoms with Gasteiger partial charge in [-0.2, -0.15) is 0 Å². The van der Waals surface area contributed by atoms with Gasteiger partial charge in [-0.15, -0.1) is 0 Å². The van der Waals surface area contributed by atoms with E-state index in [1.165, 1.54) is 6.92 Å². The van der Waals surface area contributed by atoms with E-state index in [9.17, 15) is 4.79 Å². The van der Waals surface area contributed by atoms with Crippen LogP contribution < -0.4 is 10.1 Å². The molecule has 2 N–H and O–H groups in total. The monoisotopic (exact) mass is 300 g/mol. The van der Waals surface area contributed by atoms with Crippen molar-refractivity contribution in [3.8, 4) is 5.75 Å². The highest BCUT2D eigenvalue weighted by Crippen LogP contribution is 2.39. The molecule has 0 aliphatic heterocycles. The molecule has 0 atom stereocenters. The lowest BCUT2D eigenvalue weighted by Gasteiger charge is -2.07. The minimum atomic E-state index is -0.0431. The van der Waals surface area contributed by atoms with Crippen LogP contribution >= 0.6 is 23.2 Å². The molecule has 1 aromatic heterocycles. The predicted octanol–water partition coefficient (Wildman–Crippen LogP) is 3.16. The Morgan fingerprint density at radius 2 is 2.16 bits per heavy atom. The zero-order chi connectivity index (χ0) is 14.0. The van der Waals surface area contributed by atoms with E-state index in [0.717, 1.165) is 16.5 Å². The van der Waals surface area contributed by atoms with E-state index in [4.69, 9.17) is 27.9 Å². The van der Waals surface area contributed by atoms with Gasteiger partial charge in [0, 0.05) is 25.1 Å². The number of carbonyl (C=O) groups excluding carboxylic acids is 1. The van der Waals surface area contributed by atoms with Crippen LogP contribution in [0.3, 0.4) is 0 Å². The Morgan fingerprint density at radius 3 is 2.79 bits per heavy atom. The second-order valence-electron chi connectivity index (χ2n) is 4.18. The maximum absolute atomic E-state index is 10.9. The Morgan fingerprint density at radius 1 is 1.42 bits per heavy atom. The van der Waals surface area contributed by atoms with Crippen molar-refractivity contribution in [2.75, 3.05) is 13.7 Å². The number of hydrogen-bond acceptors (Lipinski definition) is 2. The molecule has 0 spiro atoms. The number of halogens is 2. The fourth-order valence-electron chi connectivity index (χ4n) is 1.96. The van der Waals surface area contributed by atoms with Crippen LogP contribution in [0.1, 0.15) is 12.5 Å². The molecular weight excluding hydrogens is 287 g/mol. The fourth-order valence-corrected chi connectivity index (χ4v) is 2.44. The number of benzene rings is 1. The van der Waals surface area contributed by atoms with Crippen LogP contribution in [0.4, 0.5) is 0 Å². The molecule has 1 heterocycles. The van der Waals surface area contributed by atoms with Gasteiger partial charge in [-0.3, -0.25) is 4.79 Å². The second-order valence-corrected chi connectivity index (χ2v) is 4.93. The van der Waals surface area contributed by atoms with E-state index in [2.05, 4.69) is 10.3 Å². The minimum absolute atomic E-state index is 0.0431. The molecular formula is C13H14Cl2N2O2. The predicted molar refractivity (Wildman–Crippen MR) is 77.3 cm³/mol. The van der Waals surface area contributed by atoms with Crippen LogP contribution in [-0.4, -0.2) is 24.5 Å². The van der Waals surface area contributed by atoms with Crippen LogP contribution in [-0.2, 0) is 11.2 Å². The van der Waals surface area contributed by atoms with Crippen LogP contribution in [0.25, 0.3) is 10.9 Å². The van der Waals surface area contributed by atoms with Crippen LogP contribution in [0.15, 0.2) is 12.3 Å². The van der Waals surface area contributed by atoms with Gasteiger partial charge in [0.2, 0.25) is 5.91 Å². The number of aromatic nitrogens is 1. The molecule has 0 radical (unpaired) electrons. The topological polar surface area (TPSA) is 54.1 Å². The van der Waals surface area contributed by atoms with Crippen molar-refractivity contribution in [3.63, 3.8) is 0 Å². The van der Waals surface area contributed by atoms with Gasteiger partial charge in [0.05, 0.1) is 17.6 Å². The summed E-state index contributed by atoms with van der Waals surface area (Å²) >= 11 is 12.3. The molecule has 19 heavy (non-hydrogen) atoms. The van der Waals surface area contributed by atoms with Gasteiger partial charge in [-0.1, -0.05) is 23.2 Å². The summed E-state index contributed by atoms with van der Waals surface area (Å²) in [5, 5.41) is 4.56. The molecule has 0 aliphatic carbocycles. The number of fused-ring (bicyclic) bond motifs is 1. The molecule has 4 nitrogen and oxygen atoms in total. The van der Waals surface area contributed by atoms with E-state index in [1.54, 1.807) is 7.11 Å². The summed E-state index contributed by atoms with van der Waals surface area (Å²) in [5.41, 5.74) is 1.84. The number of carbonyl (C=O) groups is 1. The standard InChI is InChI=1S/C13H14Cl2N2O2/c1-7(18)16-4-3-8-6-17-13-9(8)5-10(19-2)11(14)12(13)15/h5-6,17H,3-4H2,1-2H3,(H,16,18). The van der Waals surface area contributed by atoms with Crippen molar-refractivity contribution in [2.24, 2.45) is 0 Å². The molecule has 2 aromatic rings. The van der Waals surface area contributed by atoms with Crippen molar-refractivity contribution < 1.29 is 9.53 Å². The zero-order valence-electron chi connectivity index (χ0n) is 10.6. The first kappa shape index (κ1) is 14.0. The van der Waals surface area contributed by atoms with E-state index in [1.807, 2.05) is 12.3 Å². The number of ether oxygens (including phenoxy) is 1. The van der Waals surface area contributed by atoms with Crippen molar-refractivity contribution >= 4 is 40.0 Å². The smallest absolute Gasteiger partial charge is 0.216 e. The Bertz CT molecular complexity index is 623. The highest BCUT2D eigenvalue weighted by atomic mass is 35.5. The quantitative estimate of drug-likeness (QED) is 0.911. The fraction of sp³-hybridized carbons (Fsp3) is 0.308. The first-order chi connectivity index (χ1) is 9.04. The Kier molecular flexibility index (Phi) is 4.22. The number of hydrogen-bond donors (Lipinski definition) is 2. The summed E-state index contributed by atoms with van der Waals surface area (Å²) in [7, 11) is 1.55. The summed E-state index contributed by atoms with van der Waals surface area (Å²) < 4.78 is 5.20. The Hall–Kier alpha value is -1.39. The number of rotatable bonds is 4. The summed E-state index contributed by atoms with van der Waals surface area (Å²) in [6.45, 7) is 2.07. The van der Waals surface area contributed by atoms with E-state index < -0.39 is 0 Å². The van der Waals surface area contributed by atoms with E-state index in [-0.39, 0.29) is 5.91 Å². The molecule has 1 amide bonds. The molecule has 6 heteroatoms. The average molecular weight is 301 g/mol. The molecule has 102 valence electrons. The van der Waals surface area contributed by atoms with E-state index in [0.29, 0.717) is 28.8 Å². The van der Waals surface area contributed by atoms with Gasteiger partial charge in [-0.05, 0) is 18.1 Å². The molecule has 0 aliphatic rings. The SMILES string of the molecule is COc1cc2c(CCNC(C)=O)c[nH]c2c(Cl)c1Cl. The third-order valence-corrected chi connectivity index (χ3v) is 3.75. The molecule has 1 aromatic carbocycles. The summed E-state index contributed by atoms with van der Waals surface area (Å²) in [6.07, 6.45) is 2.58. The van der Waals surface area contributed by atoms with E-state index >= 15 is 0 Å². The van der Waals surface area contributed by atoms with Gasteiger partial charge in [0.25, 0.3) is 0 Å². The number of nitrogens with one attached hydrogen (secondary N) is 2. The first-order valence-electron chi connectivity index (χ1n) is 5.81. The number of amides is 1. The van der Waals surface area contributed by atoms with Gasteiger partial charge in [0.15, 0.2) is 0 Å². The molecule has 0 saturated carbocycles. The Labute approximate surface area is 121 Å². The molecule has 2 rings (SSSR count). The van der Waals surface area contributed by atoms with Crippen molar-refractivity contribution in [1.82, 2.24) is 10.3 Å². The Balaban J connectivity index is 2.36. The first-order valence-corrected chi connectivity index (χ1v) is 6.56. The molecule has 0 bridgehead atoms. The maximum Gasteiger partial charge on any atom is 0.216 e. The summed E-state index contributed by atoms with van der Waals surface area (Å²) in [6, 6.07) is 1.85. The third kappa shape index (κ3) is 2.80. The van der Waals surface area contributed by atoms with Crippen molar-refractivity contribution in [2.45, 2.75) is 13.3 Å². The highest BCUT2D eigenvalue weighted by Gasteiger charge is 2.14. The molecule has 0 saturated heterocycles. The van der Waals surface area contributed by atoms with Crippen molar-refractivity contribution in [3.05, 3.63) is 27.9 Å². The molecule has 0 unspecified atom stereocenters. The average Bonchev–Trinajstić information content (AvgIpc) is 2.76. The maximum atomic E-state index is 10.9. The van der Waals surface area contributed by atoms with Gasteiger partial charge >= 0.3 is 0 Å². The van der Waals surface area contributed by atoms with Crippen molar-refractivity contribution in [1.29, 1.82) is 0 Å². The third-order valence-electron chi connectivity index (χ3n) is 2.90. The minimum Gasteiger partial charge on any atom is -0.495 e. The lowest BCUT2D eigenvalue weighted by molar-refractivity contribution is -0.118.